The van der Waals surface area contributed by atoms with Gasteiger partial charge in [-0.2, -0.15) is 0 Å². The second kappa shape index (κ2) is 6.85. The first-order valence-electron chi connectivity index (χ1n) is 6.38. The van der Waals surface area contributed by atoms with E-state index >= 15 is 0 Å². The van der Waals surface area contributed by atoms with Crippen LogP contribution in [0, 0.1) is 0 Å². The molecule has 0 fully saturated rings. The van der Waals surface area contributed by atoms with Crippen LogP contribution < -0.4 is 5.73 Å². The Morgan fingerprint density at radius 1 is 1.44 bits per heavy atom. The second-order valence-electron chi connectivity index (χ2n) is 4.44. The Balaban J connectivity index is 2.85. The van der Waals surface area contributed by atoms with E-state index in [2.05, 4.69) is 0 Å². The molecular weight excluding hydrogens is 250 g/mol. The van der Waals surface area contributed by atoms with Crippen LogP contribution in [0.15, 0.2) is 22.6 Å². The zero-order valence-electron chi connectivity index (χ0n) is 10.8. The molecule has 0 amide bonds. The maximum Gasteiger partial charge on any atom is 0.174 e. The molecule has 0 aromatic carbocycles. The zero-order valence-corrected chi connectivity index (χ0v) is 11.6. The summed E-state index contributed by atoms with van der Waals surface area (Å²) >= 11 is 0. The summed E-state index contributed by atoms with van der Waals surface area (Å²) in [4.78, 5) is 12.1. The summed E-state index contributed by atoms with van der Waals surface area (Å²) in [6, 6.07) is 0. The van der Waals surface area contributed by atoms with Crippen LogP contribution in [0.1, 0.15) is 39.0 Å². The highest BCUT2D eigenvalue weighted by Crippen LogP contribution is 2.24. The third kappa shape index (κ3) is 4.07. The molecule has 0 saturated carbocycles. The molecule has 0 saturated heterocycles. The zero-order chi connectivity index (χ0) is 13.6. The molecule has 1 aliphatic rings. The van der Waals surface area contributed by atoms with Crippen molar-refractivity contribution in [2.45, 2.75) is 39.0 Å². The van der Waals surface area contributed by atoms with Crippen LogP contribution >= 0.6 is 0 Å². The molecule has 0 bridgehead atoms. The predicted molar refractivity (Wildman–Crippen MR) is 72.8 cm³/mol. The Bertz CT molecular complexity index is 461. The van der Waals surface area contributed by atoms with E-state index < -0.39 is 9.84 Å². The Morgan fingerprint density at radius 3 is 2.78 bits per heavy atom. The fourth-order valence-corrected chi connectivity index (χ4v) is 3.52. The van der Waals surface area contributed by atoms with Gasteiger partial charge in [-0.15, -0.1) is 0 Å². The molecule has 0 heterocycles. The first-order valence-corrected chi connectivity index (χ1v) is 8.03. The lowest BCUT2D eigenvalue weighted by atomic mass is 10.0. The highest BCUT2D eigenvalue weighted by atomic mass is 32.2. The van der Waals surface area contributed by atoms with Crippen molar-refractivity contribution in [3.63, 3.8) is 0 Å². The van der Waals surface area contributed by atoms with Gasteiger partial charge >= 0.3 is 0 Å². The van der Waals surface area contributed by atoms with Crippen molar-refractivity contribution in [3.05, 3.63) is 22.6 Å². The Hall–Kier alpha value is -0.940. The van der Waals surface area contributed by atoms with Crippen LogP contribution in [0.4, 0.5) is 0 Å². The van der Waals surface area contributed by atoms with E-state index in [-0.39, 0.29) is 18.0 Å². The summed E-state index contributed by atoms with van der Waals surface area (Å²) in [5.41, 5.74) is 5.84. The van der Waals surface area contributed by atoms with Gasteiger partial charge in [0.1, 0.15) is 0 Å². The van der Waals surface area contributed by atoms with Crippen molar-refractivity contribution < 1.29 is 13.2 Å². The topological polar surface area (TPSA) is 77.2 Å². The summed E-state index contributed by atoms with van der Waals surface area (Å²) in [7, 11) is -3.19. The molecule has 0 aromatic rings. The van der Waals surface area contributed by atoms with E-state index in [0.29, 0.717) is 36.3 Å². The van der Waals surface area contributed by atoms with Crippen molar-refractivity contribution in [1.29, 1.82) is 0 Å². The van der Waals surface area contributed by atoms with Gasteiger partial charge in [0.15, 0.2) is 15.6 Å². The quantitative estimate of drug-likeness (QED) is 0.765. The molecule has 18 heavy (non-hydrogen) atoms. The highest BCUT2D eigenvalue weighted by Gasteiger charge is 2.21. The number of hydrogen-bond donors (Lipinski definition) is 1. The van der Waals surface area contributed by atoms with Crippen molar-refractivity contribution in [2.24, 2.45) is 5.73 Å². The Morgan fingerprint density at radius 2 is 2.17 bits per heavy atom. The molecule has 0 spiro atoms. The molecule has 0 aromatic heterocycles. The Labute approximate surface area is 109 Å². The predicted octanol–water partition coefficient (Wildman–Crippen LogP) is 1.72. The minimum absolute atomic E-state index is 0.0691. The molecule has 0 unspecified atom stereocenters. The van der Waals surface area contributed by atoms with Crippen molar-refractivity contribution in [2.75, 3.05) is 12.3 Å². The first kappa shape index (κ1) is 15.1. The number of hydrogen-bond acceptors (Lipinski definition) is 4. The number of sulfone groups is 1. The van der Waals surface area contributed by atoms with Gasteiger partial charge in [0.2, 0.25) is 0 Å². The number of rotatable bonds is 7. The van der Waals surface area contributed by atoms with Gasteiger partial charge in [-0.05, 0) is 31.9 Å². The van der Waals surface area contributed by atoms with E-state index in [1.807, 2.05) is 6.92 Å². The molecule has 0 radical (unpaired) electrons. The Kier molecular flexibility index (Phi) is 5.75. The standard InChI is InChI=1S/C13H21NO3S/c1-2-3-9-18(16,17)12-6-4-5-11(10-12)13(15)7-8-14/h5,10H,2-4,6-9,14H2,1H3. The highest BCUT2D eigenvalue weighted by molar-refractivity contribution is 7.95. The van der Waals surface area contributed by atoms with Gasteiger partial charge in [-0.1, -0.05) is 19.4 Å². The van der Waals surface area contributed by atoms with Gasteiger partial charge < -0.3 is 5.73 Å². The molecule has 4 nitrogen and oxygen atoms in total. The molecule has 5 heteroatoms. The molecule has 1 rings (SSSR count). The number of ketones is 1. The maximum atomic E-state index is 12.0. The first-order chi connectivity index (χ1) is 8.51. The third-order valence-corrected chi connectivity index (χ3v) is 4.88. The van der Waals surface area contributed by atoms with E-state index in [0.717, 1.165) is 6.42 Å². The van der Waals surface area contributed by atoms with Gasteiger partial charge in [-0.3, -0.25) is 4.79 Å². The van der Waals surface area contributed by atoms with Gasteiger partial charge in [0.05, 0.1) is 5.75 Å². The summed E-state index contributed by atoms with van der Waals surface area (Å²) in [5, 5.41) is 0. The average Bonchev–Trinajstić information content (AvgIpc) is 2.37. The monoisotopic (exact) mass is 271 g/mol. The third-order valence-electron chi connectivity index (χ3n) is 2.93. The van der Waals surface area contributed by atoms with Crippen LogP contribution in [0.5, 0.6) is 0 Å². The van der Waals surface area contributed by atoms with Crippen molar-refractivity contribution in [3.8, 4) is 0 Å². The van der Waals surface area contributed by atoms with Crippen LogP contribution in [-0.2, 0) is 14.6 Å². The molecule has 0 aliphatic heterocycles. The van der Waals surface area contributed by atoms with Crippen LogP contribution in [-0.4, -0.2) is 26.5 Å². The molecule has 102 valence electrons. The van der Waals surface area contributed by atoms with E-state index in [1.54, 1.807) is 6.08 Å². The number of carbonyl (C=O) groups is 1. The number of nitrogens with two attached hydrogens (primary N) is 1. The number of carbonyl (C=O) groups excluding carboxylic acids is 1. The van der Waals surface area contributed by atoms with Crippen LogP contribution in [0.25, 0.3) is 0 Å². The average molecular weight is 271 g/mol. The van der Waals surface area contributed by atoms with E-state index in [9.17, 15) is 13.2 Å². The number of allylic oxidation sites excluding steroid dienone is 4. The molecule has 1 aliphatic carbocycles. The fraction of sp³-hybridized carbons (Fsp3) is 0.615. The van der Waals surface area contributed by atoms with Crippen molar-refractivity contribution >= 4 is 15.6 Å². The maximum absolute atomic E-state index is 12.0. The SMILES string of the molecule is CCCCS(=O)(=O)C1=CC(C(=O)CCN)=CCC1. The normalized spacial score (nSPS) is 16.1. The smallest absolute Gasteiger partial charge is 0.174 e. The summed E-state index contributed by atoms with van der Waals surface area (Å²) in [5.74, 6) is 0.105. The second-order valence-corrected chi connectivity index (χ2v) is 6.61. The fourth-order valence-electron chi connectivity index (χ4n) is 1.85. The summed E-state index contributed by atoms with van der Waals surface area (Å²) in [6.07, 6.45) is 6.24. The van der Waals surface area contributed by atoms with Gasteiger partial charge in [0, 0.05) is 16.9 Å². The number of unbranched alkanes of at least 4 members (excludes halogenated alkanes) is 1. The largest absolute Gasteiger partial charge is 0.330 e. The van der Waals surface area contributed by atoms with Crippen molar-refractivity contribution in [1.82, 2.24) is 0 Å². The van der Waals surface area contributed by atoms with Gasteiger partial charge in [-0.25, -0.2) is 8.42 Å². The lowest BCUT2D eigenvalue weighted by Gasteiger charge is -2.13. The number of Topliss-reactive ketones (excluding diaryl/α,β-unsaturated/α-hetero) is 1. The van der Waals surface area contributed by atoms with Crippen LogP contribution in [0.3, 0.4) is 0 Å². The molecular formula is C13H21NO3S. The lowest BCUT2D eigenvalue weighted by molar-refractivity contribution is -0.115. The minimum Gasteiger partial charge on any atom is -0.330 e. The van der Waals surface area contributed by atoms with E-state index in [1.165, 1.54) is 6.08 Å². The van der Waals surface area contributed by atoms with E-state index in [4.69, 9.17) is 5.73 Å². The van der Waals surface area contributed by atoms with Crippen LogP contribution in [0.2, 0.25) is 0 Å². The summed E-state index contributed by atoms with van der Waals surface area (Å²) < 4.78 is 24.1. The molecule has 0 atom stereocenters. The van der Waals surface area contributed by atoms with Gasteiger partial charge in [0.25, 0.3) is 0 Å². The minimum atomic E-state index is -3.19. The lowest BCUT2D eigenvalue weighted by Crippen LogP contribution is -2.15. The summed E-state index contributed by atoms with van der Waals surface area (Å²) in [6.45, 7) is 2.25. The molecule has 2 N–H and O–H groups in total.